The van der Waals surface area contributed by atoms with Crippen LogP contribution in [-0.2, 0) is 19.8 Å². The second-order valence-corrected chi connectivity index (χ2v) is 10.4. The Labute approximate surface area is 254 Å². The van der Waals surface area contributed by atoms with Crippen molar-refractivity contribution in [2.75, 3.05) is 27.4 Å². The highest BCUT2D eigenvalue weighted by atomic mass is 32.1. The molecule has 9 nitrogen and oxygen atoms in total. The Morgan fingerprint density at radius 1 is 0.953 bits per heavy atom. The van der Waals surface area contributed by atoms with Crippen LogP contribution in [0.3, 0.4) is 0 Å². The molecule has 0 radical (unpaired) electrons. The maximum Gasteiger partial charge on any atom is 0.251 e. The summed E-state index contributed by atoms with van der Waals surface area (Å²) in [6.07, 6.45) is -0.409. The van der Waals surface area contributed by atoms with E-state index in [4.69, 9.17) is 35.9 Å². The number of ether oxygens (including phenoxy) is 5. The SMILES string of the molecule is C=CCO[C@@H]1[C@H](O)[C@@H](COC(c2ccccc2)(c2ccc(OC)cc2)c2ccc(OC)cc2)O[C@H]1n1ccc(=O)[nH]c1=S. The van der Waals surface area contributed by atoms with Gasteiger partial charge in [-0.1, -0.05) is 60.7 Å². The van der Waals surface area contributed by atoms with Crippen molar-refractivity contribution in [1.29, 1.82) is 0 Å². The molecule has 1 aliphatic heterocycles. The van der Waals surface area contributed by atoms with Crippen molar-refractivity contribution in [3.63, 3.8) is 0 Å². The third-order valence-electron chi connectivity index (χ3n) is 7.48. The van der Waals surface area contributed by atoms with Crippen LogP contribution in [0.4, 0.5) is 0 Å². The Hall–Kier alpha value is -4.06. The lowest BCUT2D eigenvalue weighted by atomic mass is 9.80. The number of aromatic nitrogens is 2. The molecular weight excluding hydrogens is 568 g/mol. The summed E-state index contributed by atoms with van der Waals surface area (Å²) in [7, 11) is 3.24. The first-order valence-corrected chi connectivity index (χ1v) is 14.2. The molecule has 4 aromatic rings. The summed E-state index contributed by atoms with van der Waals surface area (Å²) < 4.78 is 31.8. The molecule has 0 amide bonds. The molecule has 2 N–H and O–H groups in total. The Morgan fingerprint density at radius 2 is 1.53 bits per heavy atom. The topological polar surface area (TPSA) is 104 Å². The van der Waals surface area contributed by atoms with E-state index < -0.39 is 30.1 Å². The molecule has 0 saturated carbocycles. The quantitative estimate of drug-likeness (QED) is 0.136. The number of hydrogen-bond acceptors (Lipinski definition) is 8. The van der Waals surface area contributed by atoms with Crippen LogP contribution < -0.4 is 15.0 Å². The second-order valence-electron chi connectivity index (χ2n) is 9.97. The molecule has 1 saturated heterocycles. The van der Waals surface area contributed by atoms with Gasteiger partial charge in [0.15, 0.2) is 11.0 Å². The van der Waals surface area contributed by atoms with Crippen LogP contribution in [-0.4, -0.2) is 60.4 Å². The van der Waals surface area contributed by atoms with Gasteiger partial charge in [-0.15, -0.1) is 6.58 Å². The standard InChI is InChI=1S/C33H34N2O7S/c1-4-20-40-30-29(37)27(42-31(30)35-19-18-28(36)34-32(35)43)21-41-33(22-8-6-5-7-9-22,23-10-14-25(38-2)15-11-23)24-12-16-26(39-3)17-13-24/h4-19,27,29-31,37H,1,20-21H2,2-3H3,(H,34,36,43)/t27-,29-,30-,31-/m1/s1. The van der Waals surface area contributed by atoms with E-state index in [0.717, 1.165) is 16.7 Å². The monoisotopic (exact) mass is 602 g/mol. The van der Waals surface area contributed by atoms with Gasteiger partial charge in [-0.05, 0) is 53.2 Å². The summed E-state index contributed by atoms with van der Waals surface area (Å²) in [5.74, 6) is 1.41. The average Bonchev–Trinajstić information content (AvgIpc) is 3.35. The van der Waals surface area contributed by atoms with E-state index in [0.29, 0.717) is 11.5 Å². The van der Waals surface area contributed by atoms with Crippen molar-refractivity contribution in [2.24, 2.45) is 0 Å². The predicted molar refractivity (Wildman–Crippen MR) is 164 cm³/mol. The van der Waals surface area contributed by atoms with Gasteiger partial charge in [0.1, 0.15) is 35.4 Å². The fourth-order valence-corrected chi connectivity index (χ4v) is 5.61. The Balaban J connectivity index is 1.57. The van der Waals surface area contributed by atoms with Gasteiger partial charge in [0.05, 0.1) is 27.4 Å². The Morgan fingerprint density at radius 3 is 2.07 bits per heavy atom. The zero-order valence-electron chi connectivity index (χ0n) is 23.9. The maximum atomic E-state index is 11.8. The number of aromatic amines is 1. The molecule has 43 heavy (non-hydrogen) atoms. The number of nitrogens with zero attached hydrogens (tertiary/aromatic N) is 1. The minimum Gasteiger partial charge on any atom is -0.497 e. The van der Waals surface area contributed by atoms with Gasteiger partial charge in [0.25, 0.3) is 5.56 Å². The van der Waals surface area contributed by atoms with Crippen LogP contribution in [0.5, 0.6) is 11.5 Å². The number of aliphatic hydroxyl groups excluding tert-OH is 1. The highest BCUT2D eigenvalue weighted by molar-refractivity contribution is 7.71. The third-order valence-corrected chi connectivity index (χ3v) is 7.80. The zero-order chi connectivity index (χ0) is 30.4. The number of benzene rings is 3. The lowest BCUT2D eigenvalue weighted by molar-refractivity contribution is -0.0969. The maximum absolute atomic E-state index is 11.8. The fourth-order valence-electron chi connectivity index (χ4n) is 5.35. The molecule has 0 spiro atoms. The van der Waals surface area contributed by atoms with Gasteiger partial charge in [-0.3, -0.25) is 14.3 Å². The normalized spacial score (nSPS) is 20.1. The second kappa shape index (κ2) is 13.5. The molecule has 0 bridgehead atoms. The molecule has 0 aliphatic carbocycles. The number of methoxy groups -OCH3 is 2. The number of aliphatic hydroxyl groups is 1. The molecule has 4 atom stereocenters. The minimum absolute atomic E-state index is 0.0186. The molecular formula is C33H34N2O7S. The van der Waals surface area contributed by atoms with Crippen molar-refractivity contribution in [3.05, 3.63) is 136 Å². The molecule has 5 rings (SSSR count). The lowest BCUT2D eigenvalue weighted by Crippen LogP contribution is -2.40. The summed E-state index contributed by atoms with van der Waals surface area (Å²) in [4.78, 5) is 14.4. The van der Waals surface area contributed by atoms with Crippen LogP contribution in [0.25, 0.3) is 0 Å². The molecule has 2 heterocycles. The highest BCUT2D eigenvalue weighted by Crippen LogP contribution is 2.43. The van der Waals surface area contributed by atoms with Crippen LogP contribution in [0, 0.1) is 4.77 Å². The summed E-state index contributed by atoms with van der Waals surface area (Å²) in [6.45, 7) is 3.88. The smallest absolute Gasteiger partial charge is 0.251 e. The number of hydrogen-bond donors (Lipinski definition) is 2. The van der Waals surface area contributed by atoms with E-state index in [2.05, 4.69) is 11.6 Å². The largest absolute Gasteiger partial charge is 0.497 e. The summed E-state index contributed by atoms with van der Waals surface area (Å²) >= 11 is 5.39. The summed E-state index contributed by atoms with van der Waals surface area (Å²) in [6, 6.07) is 26.6. The van der Waals surface area contributed by atoms with Crippen molar-refractivity contribution < 1.29 is 28.8 Å². The molecule has 1 aromatic heterocycles. The van der Waals surface area contributed by atoms with Gasteiger partial charge in [-0.2, -0.15) is 0 Å². The third kappa shape index (κ3) is 6.20. The first-order chi connectivity index (χ1) is 20.9. The van der Waals surface area contributed by atoms with Crippen LogP contribution in [0.15, 0.2) is 109 Å². The Kier molecular flexibility index (Phi) is 9.54. The minimum atomic E-state index is -1.10. The average molecular weight is 603 g/mol. The van der Waals surface area contributed by atoms with Gasteiger partial charge < -0.3 is 28.8 Å². The van der Waals surface area contributed by atoms with E-state index >= 15 is 0 Å². The summed E-state index contributed by atoms with van der Waals surface area (Å²) in [5, 5.41) is 11.5. The van der Waals surface area contributed by atoms with Gasteiger partial charge in [0.2, 0.25) is 0 Å². The predicted octanol–water partition coefficient (Wildman–Crippen LogP) is 4.76. The molecule has 1 fully saturated rings. The number of H-pyrrole nitrogens is 1. The molecule has 0 unspecified atom stereocenters. The van der Waals surface area contributed by atoms with Crippen LogP contribution >= 0.6 is 12.2 Å². The van der Waals surface area contributed by atoms with E-state index in [1.807, 2.05) is 78.9 Å². The van der Waals surface area contributed by atoms with Gasteiger partial charge in [-0.25, -0.2) is 0 Å². The first kappa shape index (κ1) is 30.4. The van der Waals surface area contributed by atoms with Crippen molar-refractivity contribution in [1.82, 2.24) is 9.55 Å². The van der Waals surface area contributed by atoms with E-state index in [1.54, 1.807) is 24.9 Å². The first-order valence-electron chi connectivity index (χ1n) is 13.8. The number of nitrogens with one attached hydrogen (secondary N) is 1. The van der Waals surface area contributed by atoms with Crippen molar-refractivity contribution in [3.8, 4) is 11.5 Å². The number of rotatable bonds is 12. The van der Waals surface area contributed by atoms with Crippen LogP contribution in [0.2, 0.25) is 0 Å². The molecule has 10 heteroatoms. The van der Waals surface area contributed by atoms with Gasteiger partial charge >= 0.3 is 0 Å². The van der Waals surface area contributed by atoms with Crippen molar-refractivity contribution in [2.45, 2.75) is 30.1 Å². The summed E-state index contributed by atoms with van der Waals surface area (Å²) in [5.41, 5.74) is 1.12. The Bertz CT molecular complexity index is 1570. The van der Waals surface area contributed by atoms with Crippen molar-refractivity contribution >= 4 is 12.2 Å². The zero-order valence-corrected chi connectivity index (χ0v) is 24.7. The van der Waals surface area contributed by atoms with Gasteiger partial charge in [0, 0.05) is 12.3 Å². The fraction of sp³-hybridized carbons (Fsp3) is 0.273. The van der Waals surface area contributed by atoms with E-state index in [9.17, 15) is 9.90 Å². The van der Waals surface area contributed by atoms with Crippen LogP contribution in [0.1, 0.15) is 22.9 Å². The van der Waals surface area contributed by atoms with E-state index in [1.165, 1.54) is 12.3 Å². The van der Waals surface area contributed by atoms with E-state index in [-0.39, 0.29) is 23.5 Å². The highest BCUT2D eigenvalue weighted by Gasteiger charge is 2.47. The molecule has 3 aromatic carbocycles. The molecule has 1 aliphatic rings. The lowest BCUT2D eigenvalue weighted by Gasteiger charge is -2.37. The molecule has 224 valence electrons.